The van der Waals surface area contributed by atoms with Gasteiger partial charge in [0.1, 0.15) is 5.75 Å². The number of benzene rings is 1. The van der Waals surface area contributed by atoms with Crippen molar-refractivity contribution in [3.8, 4) is 5.75 Å². The molecule has 0 saturated carbocycles. The van der Waals surface area contributed by atoms with E-state index in [0.717, 1.165) is 37.1 Å². The maximum atomic E-state index is 13.8. The average Bonchev–Trinajstić information content (AvgIpc) is 3.24. The fourth-order valence-electron chi connectivity index (χ4n) is 5.44. The maximum Gasteiger partial charge on any atom is 0.241 e. The predicted octanol–water partition coefficient (Wildman–Crippen LogP) is 2.77. The molecule has 0 bridgehead atoms. The Labute approximate surface area is 212 Å². The monoisotopic (exact) mass is 496 g/mol. The number of aromatic nitrogens is 2. The molecule has 1 fully saturated rings. The molecule has 1 atom stereocenters. The summed E-state index contributed by atoms with van der Waals surface area (Å²) in [6.45, 7) is 1.05. The number of carbonyl (C=O) groups excluding carboxylic acids is 3. The molecule has 9 heteroatoms. The van der Waals surface area contributed by atoms with Gasteiger partial charge in [0, 0.05) is 51.4 Å². The molecule has 1 N–H and O–H groups in total. The second-order valence-corrected chi connectivity index (χ2v) is 9.77. The first kappa shape index (κ1) is 25.9. The number of likely N-dealkylation sites (tertiary alicyclic amines) is 1. The molecule has 2 aromatic rings. The normalized spacial score (nSPS) is 19.8. The summed E-state index contributed by atoms with van der Waals surface area (Å²) >= 11 is 0. The van der Waals surface area contributed by atoms with Crippen molar-refractivity contribution in [1.29, 1.82) is 0 Å². The lowest BCUT2D eigenvalue weighted by Gasteiger charge is -2.30. The Hall–Kier alpha value is -3.20. The summed E-state index contributed by atoms with van der Waals surface area (Å²) in [4.78, 5) is 43.4. The zero-order valence-corrected chi connectivity index (χ0v) is 21.5. The van der Waals surface area contributed by atoms with Crippen LogP contribution in [0.4, 0.5) is 0 Å². The van der Waals surface area contributed by atoms with Crippen molar-refractivity contribution in [1.82, 2.24) is 20.0 Å². The van der Waals surface area contributed by atoms with Crippen LogP contribution < -0.4 is 4.74 Å². The Morgan fingerprint density at radius 2 is 1.94 bits per heavy atom. The molecule has 0 spiro atoms. The molecular weight excluding hydrogens is 460 g/mol. The zero-order chi connectivity index (χ0) is 25.7. The van der Waals surface area contributed by atoms with Crippen LogP contribution in [0.3, 0.4) is 0 Å². The molecule has 0 unspecified atom stereocenters. The van der Waals surface area contributed by atoms with Gasteiger partial charge in [-0.1, -0.05) is 24.6 Å². The number of carbonyl (C=O) groups is 3. The van der Waals surface area contributed by atoms with Gasteiger partial charge < -0.3 is 14.4 Å². The van der Waals surface area contributed by atoms with Crippen LogP contribution in [0.2, 0.25) is 0 Å². The van der Waals surface area contributed by atoms with Crippen molar-refractivity contribution in [3.05, 3.63) is 46.8 Å². The molecule has 2 aliphatic rings. The van der Waals surface area contributed by atoms with Gasteiger partial charge in [-0.3, -0.25) is 24.4 Å². The fourth-order valence-corrected chi connectivity index (χ4v) is 5.44. The summed E-state index contributed by atoms with van der Waals surface area (Å²) in [5.41, 5.74) is 2.50. The number of para-hydroxylation sites is 1. The number of H-pyrrole nitrogens is 1. The molecule has 194 valence electrons. The minimum atomic E-state index is -1.31. The van der Waals surface area contributed by atoms with Gasteiger partial charge in [-0.25, -0.2) is 0 Å². The van der Waals surface area contributed by atoms with Gasteiger partial charge in [0.25, 0.3) is 0 Å². The molecule has 1 aromatic heterocycles. The van der Waals surface area contributed by atoms with Crippen molar-refractivity contribution in [3.63, 3.8) is 0 Å². The second kappa shape index (κ2) is 11.2. The number of rotatable bonds is 10. The lowest BCUT2D eigenvalue weighted by atomic mass is 9.75. The number of methoxy groups -OCH3 is 2. The number of fused-ring (bicyclic) bond motifs is 1. The summed E-state index contributed by atoms with van der Waals surface area (Å²) < 4.78 is 10.7. The van der Waals surface area contributed by atoms with Gasteiger partial charge in [0.2, 0.25) is 17.7 Å². The number of amides is 3. The Balaban J connectivity index is 1.60. The number of nitrogens with zero attached hydrogens (tertiary/aromatic N) is 3. The van der Waals surface area contributed by atoms with Gasteiger partial charge in [-0.05, 0) is 43.7 Å². The average molecular weight is 497 g/mol. The quantitative estimate of drug-likeness (QED) is 0.308. The third-order valence-corrected chi connectivity index (χ3v) is 7.42. The van der Waals surface area contributed by atoms with Crippen LogP contribution in [0.5, 0.6) is 5.75 Å². The summed E-state index contributed by atoms with van der Waals surface area (Å²) in [5, 5.41) is 7.65. The highest BCUT2D eigenvalue weighted by Gasteiger charge is 2.55. The van der Waals surface area contributed by atoms with E-state index in [-0.39, 0.29) is 37.1 Å². The number of aryl methyl sites for hydroxylation is 1. The number of hydrogen-bond donors (Lipinski definition) is 1. The molecule has 3 amide bonds. The summed E-state index contributed by atoms with van der Waals surface area (Å²) in [7, 11) is 4.84. The highest BCUT2D eigenvalue weighted by Crippen LogP contribution is 2.44. The first-order valence-corrected chi connectivity index (χ1v) is 12.7. The molecule has 1 aromatic carbocycles. The van der Waals surface area contributed by atoms with E-state index in [1.807, 2.05) is 6.07 Å². The maximum absolute atomic E-state index is 13.8. The van der Waals surface area contributed by atoms with Gasteiger partial charge in [0.05, 0.1) is 24.8 Å². The Morgan fingerprint density at radius 1 is 1.17 bits per heavy atom. The van der Waals surface area contributed by atoms with Gasteiger partial charge in [0.15, 0.2) is 0 Å². The van der Waals surface area contributed by atoms with Crippen LogP contribution in [0.1, 0.15) is 61.0 Å². The van der Waals surface area contributed by atoms with Crippen LogP contribution >= 0.6 is 0 Å². The number of ether oxygens (including phenoxy) is 2. The second-order valence-electron chi connectivity index (χ2n) is 9.77. The van der Waals surface area contributed by atoms with Crippen LogP contribution in [0.15, 0.2) is 24.3 Å². The Kier molecular flexibility index (Phi) is 8.08. The van der Waals surface area contributed by atoms with Crippen LogP contribution in [-0.4, -0.2) is 72.1 Å². The number of imide groups is 1. The van der Waals surface area contributed by atoms with E-state index in [4.69, 9.17) is 9.47 Å². The molecule has 1 saturated heterocycles. The summed E-state index contributed by atoms with van der Waals surface area (Å²) in [5.74, 6) is -0.366. The summed E-state index contributed by atoms with van der Waals surface area (Å²) in [6, 6.07) is 7.15. The van der Waals surface area contributed by atoms with Crippen molar-refractivity contribution in [2.24, 2.45) is 0 Å². The van der Waals surface area contributed by atoms with Gasteiger partial charge in [-0.2, -0.15) is 5.10 Å². The van der Waals surface area contributed by atoms with E-state index in [1.165, 1.54) is 24.0 Å². The SMILES string of the molecule is COCCCN1C(=O)C[C@@](CC(=O)N(C)Cc2n[nH]c3c2CCCCC3)(c2ccccc2OC)C1=O. The smallest absolute Gasteiger partial charge is 0.241 e. The molecule has 1 aliphatic heterocycles. The van der Waals surface area contributed by atoms with E-state index in [0.29, 0.717) is 30.9 Å². The highest BCUT2D eigenvalue weighted by atomic mass is 16.5. The van der Waals surface area contributed by atoms with Crippen molar-refractivity contribution in [2.45, 2.75) is 63.3 Å². The van der Waals surface area contributed by atoms with E-state index < -0.39 is 5.41 Å². The predicted molar refractivity (Wildman–Crippen MR) is 133 cm³/mol. The molecule has 1 aliphatic carbocycles. The van der Waals surface area contributed by atoms with Crippen LogP contribution in [0.25, 0.3) is 0 Å². The molecule has 9 nitrogen and oxygen atoms in total. The third kappa shape index (κ3) is 5.02. The standard InChI is InChI=1S/C27H36N4O5/c1-30(18-22-19-10-5-4-6-12-21(19)28-29-22)24(32)16-27(20-11-7-8-13-23(20)36-3)17-25(33)31(26(27)34)14-9-15-35-2/h7-8,11,13H,4-6,9-10,12,14-18H2,1-3H3,(H,28,29)/t27-/m0/s1. The molecular formula is C27H36N4O5. The first-order valence-electron chi connectivity index (χ1n) is 12.7. The molecule has 2 heterocycles. The molecule has 36 heavy (non-hydrogen) atoms. The largest absolute Gasteiger partial charge is 0.496 e. The minimum Gasteiger partial charge on any atom is -0.496 e. The third-order valence-electron chi connectivity index (χ3n) is 7.42. The minimum absolute atomic E-state index is 0.0728. The van der Waals surface area contributed by atoms with E-state index in [1.54, 1.807) is 37.3 Å². The fraction of sp³-hybridized carbons (Fsp3) is 0.556. The molecule has 0 radical (unpaired) electrons. The Bertz CT molecular complexity index is 1110. The van der Waals surface area contributed by atoms with E-state index >= 15 is 0 Å². The van der Waals surface area contributed by atoms with Gasteiger partial charge in [-0.15, -0.1) is 0 Å². The van der Waals surface area contributed by atoms with Crippen LogP contribution in [0, 0.1) is 0 Å². The lowest BCUT2D eigenvalue weighted by molar-refractivity contribution is -0.142. The van der Waals surface area contributed by atoms with Crippen molar-refractivity contribution in [2.75, 3.05) is 34.4 Å². The van der Waals surface area contributed by atoms with Crippen LogP contribution in [-0.2, 0) is 43.9 Å². The van der Waals surface area contributed by atoms with Crippen molar-refractivity contribution < 1.29 is 23.9 Å². The number of aromatic amines is 1. The highest BCUT2D eigenvalue weighted by molar-refractivity contribution is 6.11. The Morgan fingerprint density at radius 3 is 2.72 bits per heavy atom. The topological polar surface area (TPSA) is 105 Å². The number of hydrogen-bond acceptors (Lipinski definition) is 6. The first-order chi connectivity index (χ1) is 17.4. The van der Waals surface area contributed by atoms with Crippen molar-refractivity contribution >= 4 is 17.7 Å². The van der Waals surface area contributed by atoms with E-state index in [2.05, 4.69) is 10.2 Å². The molecule has 4 rings (SSSR count). The lowest BCUT2D eigenvalue weighted by Crippen LogP contribution is -2.43. The van der Waals surface area contributed by atoms with E-state index in [9.17, 15) is 14.4 Å². The summed E-state index contributed by atoms with van der Waals surface area (Å²) in [6.07, 6.45) is 5.72. The zero-order valence-electron chi connectivity index (χ0n) is 21.5. The number of nitrogens with one attached hydrogen (secondary N) is 1. The van der Waals surface area contributed by atoms with Gasteiger partial charge >= 0.3 is 0 Å².